The Morgan fingerprint density at radius 1 is 0.967 bits per heavy atom. The summed E-state index contributed by atoms with van der Waals surface area (Å²) in [5.41, 5.74) is 2.77. The van der Waals surface area contributed by atoms with Gasteiger partial charge < -0.3 is 10.1 Å². The summed E-state index contributed by atoms with van der Waals surface area (Å²) in [6.45, 7) is 2.20. The van der Waals surface area contributed by atoms with Crippen LogP contribution in [-0.4, -0.2) is 16.0 Å². The Kier molecular flexibility index (Phi) is 5.89. The van der Waals surface area contributed by atoms with Crippen LogP contribution in [0.25, 0.3) is 21.7 Å². The second kappa shape index (κ2) is 8.91. The molecule has 0 atom stereocenters. The number of unbranched alkanes of at least 4 members (excludes halogenated alkanes) is 3. The first-order valence-corrected chi connectivity index (χ1v) is 10.4. The van der Waals surface area contributed by atoms with Crippen molar-refractivity contribution in [2.45, 2.75) is 39.0 Å². The summed E-state index contributed by atoms with van der Waals surface area (Å²) in [5, 5.41) is 21.0. The van der Waals surface area contributed by atoms with E-state index in [4.69, 9.17) is 0 Å². The van der Waals surface area contributed by atoms with Crippen molar-refractivity contribution in [3.05, 3.63) is 71.8 Å². The van der Waals surface area contributed by atoms with Gasteiger partial charge in [0.1, 0.15) is 0 Å². The van der Waals surface area contributed by atoms with Gasteiger partial charge in [-0.15, -0.1) is 10.2 Å². The number of azo groups is 1. The van der Waals surface area contributed by atoms with Crippen LogP contribution in [0.3, 0.4) is 0 Å². The summed E-state index contributed by atoms with van der Waals surface area (Å²) in [4.78, 5) is 15.5. The van der Waals surface area contributed by atoms with Gasteiger partial charge in [0.25, 0.3) is 5.91 Å². The lowest BCUT2D eigenvalue weighted by Crippen LogP contribution is -1.93. The lowest BCUT2D eigenvalue weighted by atomic mass is 10.0. The number of rotatable bonds is 7. The lowest BCUT2D eigenvalue weighted by Gasteiger charge is -2.01. The molecule has 152 valence electrons. The van der Waals surface area contributed by atoms with Gasteiger partial charge in [0, 0.05) is 10.9 Å². The van der Waals surface area contributed by atoms with Crippen molar-refractivity contribution in [1.29, 1.82) is 0 Å². The molecule has 3 aromatic carbocycles. The van der Waals surface area contributed by atoms with E-state index in [1.54, 1.807) is 12.1 Å². The second-order valence-corrected chi connectivity index (χ2v) is 7.58. The molecule has 0 spiro atoms. The highest BCUT2D eigenvalue weighted by molar-refractivity contribution is 5.99. The van der Waals surface area contributed by atoms with Crippen LogP contribution in [0.1, 0.15) is 48.5 Å². The number of H-pyrrole nitrogens is 1. The molecule has 5 nitrogen and oxygen atoms in total. The van der Waals surface area contributed by atoms with Crippen LogP contribution in [0.2, 0.25) is 0 Å². The predicted octanol–water partition coefficient (Wildman–Crippen LogP) is 7.07. The minimum absolute atomic E-state index is 0.0804. The molecule has 0 fully saturated rings. The van der Waals surface area contributed by atoms with E-state index in [2.05, 4.69) is 22.1 Å². The Labute approximate surface area is 175 Å². The molecule has 0 aliphatic rings. The van der Waals surface area contributed by atoms with Gasteiger partial charge in [0.15, 0.2) is 5.69 Å². The van der Waals surface area contributed by atoms with Crippen molar-refractivity contribution < 1.29 is 9.90 Å². The van der Waals surface area contributed by atoms with Crippen molar-refractivity contribution >= 4 is 33.3 Å². The molecule has 0 aliphatic heterocycles. The van der Waals surface area contributed by atoms with Crippen LogP contribution < -0.4 is 0 Å². The van der Waals surface area contributed by atoms with E-state index in [1.165, 1.54) is 24.8 Å². The summed E-state index contributed by atoms with van der Waals surface area (Å²) in [6, 6.07) is 19.3. The number of nitrogens with one attached hydrogen (secondary N) is 1. The smallest absolute Gasteiger partial charge is 0.295 e. The number of aromatic hydroxyl groups is 1. The van der Waals surface area contributed by atoms with E-state index in [-0.39, 0.29) is 11.6 Å². The second-order valence-electron chi connectivity index (χ2n) is 7.58. The number of aryl methyl sites for hydroxylation is 1. The maximum Gasteiger partial charge on any atom is 0.295 e. The number of carbonyl (C=O) groups is 1. The van der Waals surface area contributed by atoms with Crippen LogP contribution in [0.5, 0.6) is 5.88 Å². The van der Waals surface area contributed by atoms with Crippen molar-refractivity contribution in [2.75, 3.05) is 0 Å². The Balaban J connectivity index is 1.54. The minimum atomic E-state index is -0.443. The zero-order valence-electron chi connectivity index (χ0n) is 17.1. The predicted molar refractivity (Wildman–Crippen MR) is 121 cm³/mol. The van der Waals surface area contributed by atoms with Gasteiger partial charge in [-0.1, -0.05) is 68.7 Å². The van der Waals surface area contributed by atoms with Gasteiger partial charge in [0.2, 0.25) is 5.88 Å². The largest absolute Gasteiger partial charge is 0.493 e. The Morgan fingerprint density at radius 3 is 2.63 bits per heavy atom. The molecule has 4 aromatic rings. The van der Waals surface area contributed by atoms with E-state index in [9.17, 15) is 9.90 Å². The SMILES string of the molecule is CCCCCCc1ccc2c(N=NC(=O)c3ccc4ccccc4c3)c(O)[nH]c2c1. The summed E-state index contributed by atoms with van der Waals surface area (Å²) < 4.78 is 0. The van der Waals surface area contributed by atoms with Crippen LogP contribution in [0.4, 0.5) is 5.69 Å². The Bertz CT molecular complexity index is 1220. The van der Waals surface area contributed by atoms with Gasteiger partial charge in [-0.25, -0.2) is 0 Å². The molecule has 0 bridgehead atoms. The van der Waals surface area contributed by atoms with Gasteiger partial charge in [0.05, 0.1) is 5.52 Å². The van der Waals surface area contributed by atoms with Gasteiger partial charge in [-0.3, -0.25) is 4.79 Å². The van der Waals surface area contributed by atoms with E-state index < -0.39 is 5.91 Å². The molecule has 1 heterocycles. The summed E-state index contributed by atoms with van der Waals surface area (Å²) in [5.74, 6) is -0.523. The van der Waals surface area contributed by atoms with Crippen LogP contribution >= 0.6 is 0 Å². The summed E-state index contributed by atoms with van der Waals surface area (Å²) >= 11 is 0. The molecular weight excluding hydrogens is 374 g/mol. The number of amides is 1. The van der Waals surface area contributed by atoms with E-state index in [0.717, 1.165) is 34.5 Å². The first-order chi connectivity index (χ1) is 14.7. The number of benzene rings is 3. The maximum atomic E-state index is 12.5. The first-order valence-electron chi connectivity index (χ1n) is 10.4. The quantitative estimate of drug-likeness (QED) is 0.257. The summed E-state index contributed by atoms with van der Waals surface area (Å²) in [6.07, 6.45) is 5.85. The number of hydrogen-bond donors (Lipinski definition) is 2. The van der Waals surface area contributed by atoms with Crippen molar-refractivity contribution in [2.24, 2.45) is 10.2 Å². The van der Waals surface area contributed by atoms with Gasteiger partial charge >= 0.3 is 0 Å². The lowest BCUT2D eigenvalue weighted by molar-refractivity contribution is 0.0995. The fraction of sp³-hybridized carbons (Fsp3) is 0.240. The number of nitrogens with zero attached hydrogens (tertiary/aromatic N) is 2. The highest BCUT2D eigenvalue weighted by Crippen LogP contribution is 2.36. The van der Waals surface area contributed by atoms with Gasteiger partial charge in [-0.2, -0.15) is 0 Å². The van der Waals surface area contributed by atoms with Crippen LogP contribution in [0, 0.1) is 0 Å². The third-order valence-corrected chi connectivity index (χ3v) is 5.37. The molecule has 5 heteroatoms. The average Bonchev–Trinajstić information content (AvgIpc) is 3.08. The third-order valence-electron chi connectivity index (χ3n) is 5.37. The normalized spacial score (nSPS) is 11.6. The fourth-order valence-electron chi connectivity index (χ4n) is 3.70. The van der Waals surface area contributed by atoms with Crippen LogP contribution in [0.15, 0.2) is 70.9 Å². The molecule has 0 saturated carbocycles. The monoisotopic (exact) mass is 399 g/mol. The molecule has 0 saturated heterocycles. The standard InChI is InChI=1S/C25H25N3O2/c1-2-3-4-5-8-17-11-14-21-22(15-17)26-25(30)23(21)27-28-24(29)20-13-12-18-9-6-7-10-19(18)16-20/h6-7,9-16,26,30H,2-5,8H2,1H3. The topological polar surface area (TPSA) is 77.8 Å². The first kappa shape index (κ1) is 19.8. The van der Waals surface area contributed by atoms with Gasteiger partial charge in [-0.05, 0) is 47.4 Å². The number of fused-ring (bicyclic) bond motifs is 2. The van der Waals surface area contributed by atoms with Crippen LogP contribution in [-0.2, 0) is 6.42 Å². The highest BCUT2D eigenvalue weighted by atomic mass is 16.3. The Morgan fingerprint density at radius 2 is 1.80 bits per heavy atom. The zero-order chi connectivity index (χ0) is 20.9. The molecular formula is C25H25N3O2. The van der Waals surface area contributed by atoms with Crippen molar-refractivity contribution in [1.82, 2.24) is 4.98 Å². The Hall–Kier alpha value is -3.47. The maximum absolute atomic E-state index is 12.5. The molecule has 4 rings (SSSR count). The summed E-state index contributed by atoms with van der Waals surface area (Å²) in [7, 11) is 0. The molecule has 0 aliphatic carbocycles. The third kappa shape index (κ3) is 4.25. The average molecular weight is 399 g/mol. The van der Waals surface area contributed by atoms with E-state index in [0.29, 0.717) is 5.56 Å². The number of aromatic nitrogens is 1. The number of carbonyl (C=O) groups excluding carboxylic acids is 1. The highest BCUT2D eigenvalue weighted by Gasteiger charge is 2.12. The molecule has 1 aromatic heterocycles. The van der Waals surface area contributed by atoms with E-state index >= 15 is 0 Å². The number of aromatic amines is 1. The zero-order valence-corrected chi connectivity index (χ0v) is 17.1. The minimum Gasteiger partial charge on any atom is -0.493 e. The molecule has 2 N–H and O–H groups in total. The number of hydrogen-bond acceptors (Lipinski definition) is 3. The molecule has 0 unspecified atom stereocenters. The molecule has 30 heavy (non-hydrogen) atoms. The fourth-order valence-corrected chi connectivity index (χ4v) is 3.70. The molecule has 0 radical (unpaired) electrons. The van der Waals surface area contributed by atoms with Crippen molar-refractivity contribution in [3.8, 4) is 5.88 Å². The molecule has 1 amide bonds. The van der Waals surface area contributed by atoms with E-state index in [1.807, 2.05) is 48.5 Å². The van der Waals surface area contributed by atoms with Crippen molar-refractivity contribution in [3.63, 3.8) is 0 Å².